The van der Waals surface area contributed by atoms with Crippen molar-refractivity contribution in [2.75, 3.05) is 24.5 Å². The van der Waals surface area contributed by atoms with Crippen LogP contribution in [0, 0.1) is 0 Å². The largest absolute Gasteiger partial charge is 0.348 e. The maximum atomic E-state index is 12.8. The minimum absolute atomic E-state index is 0.0396. The molecule has 2 heterocycles. The zero-order chi connectivity index (χ0) is 20.9. The molecule has 0 saturated carbocycles. The van der Waals surface area contributed by atoms with E-state index in [9.17, 15) is 9.59 Å². The summed E-state index contributed by atoms with van der Waals surface area (Å²) < 4.78 is 0. The van der Waals surface area contributed by atoms with Crippen LogP contribution in [0.25, 0.3) is 0 Å². The predicted molar refractivity (Wildman–Crippen MR) is 119 cm³/mol. The molecule has 0 radical (unpaired) electrons. The molecule has 0 aromatic heterocycles. The molecule has 2 aliphatic heterocycles. The molecular formula is C24H29ClN3O2+. The molecule has 2 fully saturated rings. The number of hydrogen-bond donors (Lipinski definition) is 2. The van der Waals surface area contributed by atoms with Crippen molar-refractivity contribution in [1.29, 1.82) is 0 Å². The number of anilines is 1. The molecule has 2 N–H and O–H groups in total. The van der Waals surface area contributed by atoms with Gasteiger partial charge in [-0.05, 0) is 49.4 Å². The summed E-state index contributed by atoms with van der Waals surface area (Å²) >= 11 is 6.13. The van der Waals surface area contributed by atoms with E-state index in [1.807, 2.05) is 0 Å². The topological polar surface area (TPSA) is 53.9 Å². The Hall–Kier alpha value is -2.37. The average molecular weight is 427 g/mol. The summed E-state index contributed by atoms with van der Waals surface area (Å²) in [5.41, 5.74) is 3.49. The Kier molecular flexibility index (Phi) is 6.70. The number of quaternary nitrogens is 1. The van der Waals surface area contributed by atoms with Gasteiger partial charge in [0.2, 0.25) is 5.91 Å². The number of hydrogen-bond acceptors (Lipinski definition) is 2. The fraction of sp³-hybridized carbons (Fsp3) is 0.417. The zero-order valence-corrected chi connectivity index (χ0v) is 18.0. The molecule has 2 aromatic rings. The van der Waals surface area contributed by atoms with Gasteiger partial charge >= 0.3 is 0 Å². The zero-order valence-electron chi connectivity index (χ0n) is 17.3. The van der Waals surface area contributed by atoms with Crippen molar-refractivity contribution in [3.63, 3.8) is 0 Å². The second-order valence-corrected chi connectivity index (χ2v) is 8.73. The van der Waals surface area contributed by atoms with Gasteiger partial charge in [-0.2, -0.15) is 0 Å². The first-order chi connectivity index (χ1) is 14.6. The predicted octanol–water partition coefficient (Wildman–Crippen LogP) is 2.97. The summed E-state index contributed by atoms with van der Waals surface area (Å²) in [6, 6.07) is 13.6. The molecule has 2 aromatic carbocycles. The minimum Gasteiger partial charge on any atom is -0.348 e. The van der Waals surface area contributed by atoms with Gasteiger partial charge in [0.25, 0.3) is 5.91 Å². The summed E-state index contributed by atoms with van der Waals surface area (Å²) in [6.07, 6.45) is 5.34. The van der Waals surface area contributed by atoms with Gasteiger partial charge in [-0.3, -0.25) is 9.59 Å². The first-order valence-electron chi connectivity index (χ1n) is 10.9. The Bertz CT molecular complexity index is 907. The van der Waals surface area contributed by atoms with Gasteiger partial charge in [0.15, 0.2) is 0 Å². The molecule has 4 rings (SSSR count). The van der Waals surface area contributed by atoms with Crippen LogP contribution in [0.5, 0.6) is 0 Å². The van der Waals surface area contributed by atoms with Gasteiger partial charge in [0, 0.05) is 30.1 Å². The monoisotopic (exact) mass is 426 g/mol. The number of piperidine rings is 1. The van der Waals surface area contributed by atoms with Crippen molar-refractivity contribution < 1.29 is 14.5 Å². The molecule has 0 atom stereocenters. The van der Waals surface area contributed by atoms with E-state index in [2.05, 4.69) is 29.6 Å². The smallest absolute Gasteiger partial charge is 0.253 e. The maximum Gasteiger partial charge on any atom is 0.253 e. The van der Waals surface area contributed by atoms with Crippen molar-refractivity contribution in [3.8, 4) is 0 Å². The van der Waals surface area contributed by atoms with Crippen molar-refractivity contribution in [3.05, 3.63) is 64.2 Å². The Morgan fingerprint density at radius 2 is 1.73 bits per heavy atom. The van der Waals surface area contributed by atoms with E-state index in [4.69, 9.17) is 11.6 Å². The van der Waals surface area contributed by atoms with E-state index in [1.165, 1.54) is 37.9 Å². The summed E-state index contributed by atoms with van der Waals surface area (Å²) in [5, 5.41) is 3.51. The molecule has 6 heteroatoms. The molecule has 0 aliphatic carbocycles. The first-order valence-corrected chi connectivity index (χ1v) is 11.3. The van der Waals surface area contributed by atoms with Crippen molar-refractivity contribution in [2.24, 2.45) is 0 Å². The van der Waals surface area contributed by atoms with Crippen molar-refractivity contribution in [1.82, 2.24) is 5.32 Å². The molecule has 0 bridgehead atoms. The van der Waals surface area contributed by atoms with Crippen LogP contribution in [0.4, 0.5) is 5.69 Å². The molecule has 158 valence electrons. The molecule has 5 nitrogen and oxygen atoms in total. The lowest BCUT2D eigenvalue weighted by atomic mass is 10.1. The number of benzene rings is 2. The summed E-state index contributed by atoms with van der Waals surface area (Å²) in [5.74, 6) is -0.152. The lowest BCUT2D eigenvalue weighted by Crippen LogP contribution is -3.11. The average Bonchev–Trinajstić information content (AvgIpc) is 3.19. The molecule has 30 heavy (non-hydrogen) atoms. The van der Waals surface area contributed by atoms with Crippen LogP contribution in [-0.2, 0) is 17.9 Å². The van der Waals surface area contributed by atoms with Gasteiger partial charge in [-0.25, -0.2) is 0 Å². The lowest BCUT2D eigenvalue weighted by Gasteiger charge is -2.23. The van der Waals surface area contributed by atoms with E-state index in [-0.39, 0.29) is 11.8 Å². The summed E-state index contributed by atoms with van der Waals surface area (Å²) in [6.45, 7) is 4.68. The van der Waals surface area contributed by atoms with Crippen LogP contribution >= 0.6 is 11.6 Å². The highest BCUT2D eigenvalue weighted by molar-refractivity contribution is 6.31. The van der Waals surface area contributed by atoms with Gasteiger partial charge < -0.3 is 15.1 Å². The van der Waals surface area contributed by atoms with E-state index in [0.717, 1.165) is 18.5 Å². The number of carbonyl (C=O) groups excluding carboxylic acids is 2. The third-order valence-corrected chi connectivity index (χ3v) is 6.29. The number of nitrogens with one attached hydrogen (secondary N) is 2. The van der Waals surface area contributed by atoms with Crippen LogP contribution in [0.2, 0.25) is 5.02 Å². The fourth-order valence-electron chi connectivity index (χ4n) is 4.39. The van der Waals surface area contributed by atoms with Crippen LogP contribution in [-0.4, -0.2) is 31.4 Å². The van der Waals surface area contributed by atoms with Crippen molar-refractivity contribution >= 4 is 29.1 Å². The third-order valence-electron chi connectivity index (χ3n) is 6.06. The molecular weight excluding hydrogens is 398 g/mol. The molecule has 2 amide bonds. The lowest BCUT2D eigenvalue weighted by molar-refractivity contribution is -0.918. The third kappa shape index (κ3) is 5.02. The number of halogens is 1. The Labute approximate surface area is 183 Å². The van der Waals surface area contributed by atoms with Gasteiger partial charge in [-0.15, -0.1) is 0 Å². The second-order valence-electron chi connectivity index (χ2n) is 8.30. The van der Waals surface area contributed by atoms with E-state index in [0.29, 0.717) is 35.8 Å². The van der Waals surface area contributed by atoms with Crippen LogP contribution in [0.3, 0.4) is 0 Å². The standard InChI is InChI=1S/C24H28ClN3O2/c25-20-10-11-21(22(15-20)28-14-4-5-23(28)29)24(30)26-16-18-6-8-19(9-7-18)17-27-12-2-1-3-13-27/h6-11,15H,1-5,12-14,16-17H2,(H,26,30)/p+1. The van der Waals surface area contributed by atoms with Gasteiger partial charge in [-0.1, -0.05) is 35.9 Å². The highest BCUT2D eigenvalue weighted by Crippen LogP contribution is 2.28. The van der Waals surface area contributed by atoms with E-state index in [1.54, 1.807) is 28.0 Å². The van der Waals surface area contributed by atoms with E-state index < -0.39 is 0 Å². The number of likely N-dealkylation sites (tertiary alicyclic amines) is 1. The quantitative estimate of drug-likeness (QED) is 0.746. The highest BCUT2D eigenvalue weighted by atomic mass is 35.5. The molecule has 2 saturated heterocycles. The van der Waals surface area contributed by atoms with Gasteiger partial charge in [0.1, 0.15) is 6.54 Å². The van der Waals surface area contributed by atoms with Crippen molar-refractivity contribution in [2.45, 2.75) is 45.2 Å². The van der Waals surface area contributed by atoms with E-state index >= 15 is 0 Å². The summed E-state index contributed by atoms with van der Waals surface area (Å²) in [7, 11) is 0. The highest BCUT2D eigenvalue weighted by Gasteiger charge is 2.26. The van der Waals surface area contributed by atoms with Crippen LogP contribution in [0.15, 0.2) is 42.5 Å². The summed E-state index contributed by atoms with van der Waals surface area (Å²) in [4.78, 5) is 28.3. The number of carbonyl (C=O) groups is 2. The van der Waals surface area contributed by atoms with Gasteiger partial charge in [0.05, 0.1) is 24.3 Å². The molecule has 0 unspecified atom stereocenters. The SMILES string of the molecule is O=C(NCc1ccc(C[NH+]2CCCCC2)cc1)c1ccc(Cl)cc1N1CCCC1=O. The number of amides is 2. The maximum absolute atomic E-state index is 12.8. The molecule has 0 spiro atoms. The van der Waals surface area contributed by atoms with Crippen LogP contribution in [0.1, 0.15) is 53.6 Å². The fourth-order valence-corrected chi connectivity index (χ4v) is 4.56. The Morgan fingerprint density at radius 1 is 1.00 bits per heavy atom. The normalized spacial score (nSPS) is 17.4. The number of rotatable bonds is 6. The van der Waals surface area contributed by atoms with Crippen LogP contribution < -0.4 is 15.1 Å². The molecule has 2 aliphatic rings. The second kappa shape index (κ2) is 9.63. The minimum atomic E-state index is -0.191. The number of nitrogens with zero attached hydrogens (tertiary/aromatic N) is 1. The Balaban J connectivity index is 1.38. The Morgan fingerprint density at radius 3 is 2.43 bits per heavy atom. The first kappa shape index (κ1) is 20.9.